The molecule has 130 valence electrons. The first-order chi connectivity index (χ1) is 11.8. The minimum absolute atomic E-state index is 0.121. The number of nitrogens with one attached hydrogen (secondary N) is 2. The molecule has 2 aromatic carbocycles. The van der Waals surface area contributed by atoms with Crippen LogP contribution in [0, 0.1) is 0 Å². The molecule has 1 fully saturated rings. The van der Waals surface area contributed by atoms with Gasteiger partial charge in [-0.1, -0.05) is 0 Å². The number of urea groups is 1. The first kappa shape index (κ1) is 16.8. The van der Waals surface area contributed by atoms with Gasteiger partial charge in [0.05, 0.1) is 5.56 Å². The van der Waals surface area contributed by atoms with E-state index in [4.69, 9.17) is 0 Å². The van der Waals surface area contributed by atoms with Crippen LogP contribution in [0.2, 0.25) is 0 Å². The fraction of sp³-hybridized carbons (Fsp3) is 0.176. The summed E-state index contributed by atoms with van der Waals surface area (Å²) in [5.41, 5.74) is 0.490. The van der Waals surface area contributed by atoms with Crippen molar-refractivity contribution in [1.29, 1.82) is 0 Å². The van der Waals surface area contributed by atoms with Crippen molar-refractivity contribution >= 4 is 23.3 Å². The Morgan fingerprint density at radius 2 is 1.68 bits per heavy atom. The monoisotopic (exact) mass is 349 g/mol. The van der Waals surface area contributed by atoms with E-state index >= 15 is 0 Å². The van der Waals surface area contributed by atoms with Crippen molar-refractivity contribution in [3.8, 4) is 0 Å². The number of benzene rings is 2. The Bertz CT molecular complexity index is 786. The van der Waals surface area contributed by atoms with E-state index in [0.717, 1.165) is 24.3 Å². The molecule has 1 saturated heterocycles. The summed E-state index contributed by atoms with van der Waals surface area (Å²) in [7, 11) is 0. The van der Waals surface area contributed by atoms with Gasteiger partial charge in [-0.05, 0) is 48.5 Å². The minimum atomic E-state index is -4.44. The molecule has 0 aromatic heterocycles. The summed E-state index contributed by atoms with van der Waals surface area (Å²) in [5, 5.41) is 5.29. The highest BCUT2D eigenvalue weighted by molar-refractivity contribution is 6.04. The van der Waals surface area contributed by atoms with Crippen LogP contribution in [0.5, 0.6) is 0 Å². The summed E-state index contributed by atoms with van der Waals surface area (Å²) in [4.78, 5) is 25.3. The molecule has 1 heterocycles. The molecule has 0 spiro atoms. The molecule has 0 atom stereocenters. The van der Waals surface area contributed by atoms with Crippen molar-refractivity contribution in [2.75, 3.05) is 23.3 Å². The average Bonchev–Trinajstić information content (AvgIpc) is 3.01. The summed E-state index contributed by atoms with van der Waals surface area (Å²) in [5.74, 6) is -0.514. The third-order valence-corrected chi connectivity index (χ3v) is 3.77. The van der Waals surface area contributed by atoms with E-state index < -0.39 is 17.6 Å². The van der Waals surface area contributed by atoms with Crippen molar-refractivity contribution in [2.45, 2.75) is 6.18 Å². The highest BCUT2D eigenvalue weighted by Crippen LogP contribution is 2.29. The molecule has 25 heavy (non-hydrogen) atoms. The van der Waals surface area contributed by atoms with Crippen LogP contribution in [0.25, 0.3) is 0 Å². The predicted molar refractivity (Wildman–Crippen MR) is 86.6 cm³/mol. The van der Waals surface area contributed by atoms with Gasteiger partial charge in [-0.2, -0.15) is 13.2 Å². The number of alkyl halides is 3. The number of carbonyl (C=O) groups excluding carboxylic acids is 2. The SMILES string of the molecule is O=C(Nc1ccc(N2CCNC2=O)cc1)c1ccc(C(F)(F)F)cc1. The summed E-state index contributed by atoms with van der Waals surface area (Å²) < 4.78 is 37.6. The normalized spacial score (nSPS) is 14.4. The van der Waals surface area contributed by atoms with Gasteiger partial charge in [-0.3, -0.25) is 9.69 Å². The summed E-state index contributed by atoms with van der Waals surface area (Å²) >= 11 is 0. The van der Waals surface area contributed by atoms with Crippen LogP contribution in [-0.2, 0) is 6.18 Å². The molecule has 3 amide bonds. The Morgan fingerprint density at radius 3 is 2.20 bits per heavy atom. The second kappa shape index (κ2) is 6.46. The van der Waals surface area contributed by atoms with Gasteiger partial charge in [0, 0.05) is 30.0 Å². The van der Waals surface area contributed by atoms with Gasteiger partial charge in [0.25, 0.3) is 5.91 Å². The maximum atomic E-state index is 12.5. The molecule has 0 bridgehead atoms. The Balaban J connectivity index is 1.67. The molecule has 5 nitrogen and oxygen atoms in total. The van der Waals surface area contributed by atoms with Crippen molar-refractivity contribution < 1.29 is 22.8 Å². The van der Waals surface area contributed by atoms with E-state index in [1.165, 1.54) is 0 Å². The van der Waals surface area contributed by atoms with Crippen molar-refractivity contribution in [2.24, 2.45) is 0 Å². The Hall–Kier alpha value is -3.03. The maximum absolute atomic E-state index is 12.5. The molecule has 2 aromatic rings. The van der Waals surface area contributed by atoms with Crippen LogP contribution in [-0.4, -0.2) is 25.0 Å². The molecule has 0 saturated carbocycles. The van der Waals surface area contributed by atoms with Gasteiger partial charge in [0.2, 0.25) is 0 Å². The smallest absolute Gasteiger partial charge is 0.336 e. The van der Waals surface area contributed by atoms with Crippen LogP contribution in [0.3, 0.4) is 0 Å². The van der Waals surface area contributed by atoms with Gasteiger partial charge in [-0.25, -0.2) is 4.79 Å². The van der Waals surface area contributed by atoms with Crippen LogP contribution in [0.15, 0.2) is 48.5 Å². The van der Waals surface area contributed by atoms with E-state index in [1.807, 2.05) is 0 Å². The Labute approximate surface area is 141 Å². The molecule has 0 aliphatic carbocycles. The van der Waals surface area contributed by atoms with Gasteiger partial charge < -0.3 is 10.6 Å². The third kappa shape index (κ3) is 3.73. The number of hydrogen-bond donors (Lipinski definition) is 2. The van der Waals surface area contributed by atoms with Crippen LogP contribution >= 0.6 is 0 Å². The van der Waals surface area contributed by atoms with Crippen LogP contribution < -0.4 is 15.5 Å². The lowest BCUT2D eigenvalue weighted by molar-refractivity contribution is -0.137. The van der Waals surface area contributed by atoms with Gasteiger partial charge in [0.1, 0.15) is 0 Å². The number of amides is 3. The number of anilines is 2. The number of rotatable bonds is 3. The van der Waals surface area contributed by atoms with E-state index in [2.05, 4.69) is 10.6 Å². The second-order valence-corrected chi connectivity index (χ2v) is 5.46. The molecule has 1 aliphatic heterocycles. The molecule has 1 aliphatic rings. The van der Waals surface area contributed by atoms with Crippen LogP contribution in [0.4, 0.5) is 29.3 Å². The van der Waals surface area contributed by atoms with Gasteiger partial charge in [0.15, 0.2) is 0 Å². The van der Waals surface area contributed by atoms with E-state index in [0.29, 0.717) is 24.5 Å². The number of carbonyl (C=O) groups is 2. The van der Waals surface area contributed by atoms with Crippen molar-refractivity contribution in [1.82, 2.24) is 5.32 Å². The topological polar surface area (TPSA) is 61.4 Å². The zero-order valence-electron chi connectivity index (χ0n) is 12.9. The largest absolute Gasteiger partial charge is 0.416 e. The van der Waals surface area contributed by atoms with Crippen molar-refractivity contribution in [3.05, 3.63) is 59.7 Å². The summed E-state index contributed by atoms with van der Waals surface area (Å²) in [6.07, 6.45) is -4.44. The summed E-state index contributed by atoms with van der Waals surface area (Å²) in [6.45, 7) is 1.14. The summed E-state index contributed by atoms with van der Waals surface area (Å²) in [6, 6.07) is 10.4. The molecule has 0 unspecified atom stereocenters. The number of hydrogen-bond acceptors (Lipinski definition) is 2. The minimum Gasteiger partial charge on any atom is -0.336 e. The molecule has 8 heteroatoms. The highest BCUT2D eigenvalue weighted by atomic mass is 19.4. The fourth-order valence-electron chi connectivity index (χ4n) is 2.46. The van der Waals surface area contributed by atoms with E-state index in [1.54, 1.807) is 29.2 Å². The van der Waals surface area contributed by atoms with Gasteiger partial charge in [-0.15, -0.1) is 0 Å². The number of nitrogens with zero attached hydrogens (tertiary/aromatic N) is 1. The van der Waals surface area contributed by atoms with Crippen LogP contribution in [0.1, 0.15) is 15.9 Å². The molecule has 0 radical (unpaired) electrons. The van der Waals surface area contributed by atoms with E-state index in [9.17, 15) is 22.8 Å². The Kier molecular flexibility index (Phi) is 4.35. The maximum Gasteiger partial charge on any atom is 0.416 e. The lowest BCUT2D eigenvalue weighted by atomic mass is 10.1. The number of halogens is 3. The third-order valence-electron chi connectivity index (χ3n) is 3.77. The lowest BCUT2D eigenvalue weighted by Gasteiger charge is -2.14. The molecule has 2 N–H and O–H groups in total. The molecular formula is C17H14F3N3O2. The highest BCUT2D eigenvalue weighted by Gasteiger charge is 2.30. The average molecular weight is 349 g/mol. The van der Waals surface area contributed by atoms with Gasteiger partial charge >= 0.3 is 12.2 Å². The first-order valence-corrected chi connectivity index (χ1v) is 7.48. The van der Waals surface area contributed by atoms with Crippen molar-refractivity contribution in [3.63, 3.8) is 0 Å². The fourth-order valence-corrected chi connectivity index (χ4v) is 2.46. The standard InChI is InChI=1S/C17H14F3N3O2/c18-17(19,20)12-3-1-11(2-4-12)15(24)22-13-5-7-14(8-6-13)23-10-9-21-16(23)25/h1-8H,9-10H2,(H,21,25)(H,22,24). The zero-order chi connectivity index (χ0) is 18.0. The zero-order valence-corrected chi connectivity index (χ0v) is 12.9. The molecular weight excluding hydrogens is 335 g/mol. The van der Waals surface area contributed by atoms with E-state index in [-0.39, 0.29) is 11.6 Å². The molecule has 3 rings (SSSR count). The first-order valence-electron chi connectivity index (χ1n) is 7.48. The predicted octanol–water partition coefficient (Wildman–Crippen LogP) is 3.49. The lowest BCUT2D eigenvalue weighted by Crippen LogP contribution is -2.27. The Morgan fingerprint density at radius 1 is 1.04 bits per heavy atom. The second-order valence-electron chi connectivity index (χ2n) is 5.46. The quantitative estimate of drug-likeness (QED) is 0.891.